The van der Waals surface area contributed by atoms with Gasteiger partial charge in [0.2, 0.25) is 0 Å². The highest BCUT2D eigenvalue weighted by atomic mass is 14.8. The SMILES string of the molecule is N#Cc1ncncc1CN. The van der Waals surface area contributed by atoms with Crippen molar-refractivity contribution < 1.29 is 0 Å². The second-order valence-corrected chi connectivity index (χ2v) is 1.71. The Hall–Kier alpha value is -1.47. The number of hydrogen-bond donors (Lipinski definition) is 1. The summed E-state index contributed by atoms with van der Waals surface area (Å²) in [4.78, 5) is 7.44. The number of nitriles is 1. The van der Waals surface area contributed by atoms with Crippen LogP contribution in [0, 0.1) is 11.3 Å². The third-order valence-electron chi connectivity index (χ3n) is 1.11. The predicted molar refractivity (Wildman–Crippen MR) is 34.6 cm³/mol. The lowest BCUT2D eigenvalue weighted by Gasteiger charge is -1.94. The van der Waals surface area contributed by atoms with Gasteiger partial charge in [0.05, 0.1) is 0 Å². The van der Waals surface area contributed by atoms with Gasteiger partial charge in [-0.3, -0.25) is 0 Å². The van der Waals surface area contributed by atoms with Gasteiger partial charge >= 0.3 is 0 Å². The quantitative estimate of drug-likeness (QED) is 0.577. The fourth-order valence-electron chi connectivity index (χ4n) is 0.608. The second-order valence-electron chi connectivity index (χ2n) is 1.71. The Morgan fingerprint density at radius 2 is 2.50 bits per heavy atom. The summed E-state index contributed by atoms with van der Waals surface area (Å²) in [5.74, 6) is 0. The summed E-state index contributed by atoms with van der Waals surface area (Å²) in [5.41, 5.74) is 6.34. The van der Waals surface area contributed by atoms with Crippen molar-refractivity contribution in [2.24, 2.45) is 5.73 Å². The van der Waals surface area contributed by atoms with E-state index in [9.17, 15) is 0 Å². The van der Waals surface area contributed by atoms with Gasteiger partial charge in [-0.05, 0) is 0 Å². The van der Waals surface area contributed by atoms with E-state index in [1.807, 2.05) is 6.07 Å². The van der Waals surface area contributed by atoms with E-state index in [1.54, 1.807) is 6.20 Å². The molecule has 0 amide bonds. The van der Waals surface area contributed by atoms with Crippen LogP contribution in [-0.4, -0.2) is 9.97 Å². The minimum atomic E-state index is 0.309. The standard InChI is InChI=1S/C6H6N4/c7-1-5-3-9-4-10-6(5)2-8/h3-4H,1,7H2. The van der Waals surface area contributed by atoms with Gasteiger partial charge in [0.25, 0.3) is 0 Å². The normalized spacial score (nSPS) is 8.80. The molecule has 0 saturated carbocycles. The molecule has 0 atom stereocenters. The van der Waals surface area contributed by atoms with Gasteiger partial charge in [0, 0.05) is 18.3 Å². The summed E-state index contributed by atoms with van der Waals surface area (Å²) in [6.07, 6.45) is 2.88. The molecule has 0 fully saturated rings. The predicted octanol–water partition coefficient (Wildman–Crippen LogP) is -0.193. The lowest BCUT2D eigenvalue weighted by atomic mass is 10.2. The molecule has 1 rings (SSSR count). The first-order valence-electron chi connectivity index (χ1n) is 2.77. The molecule has 1 aromatic heterocycles. The van der Waals surface area contributed by atoms with Crippen molar-refractivity contribution in [2.45, 2.75) is 6.54 Å². The first-order valence-corrected chi connectivity index (χ1v) is 2.77. The first kappa shape index (κ1) is 6.65. The molecule has 0 spiro atoms. The van der Waals surface area contributed by atoms with Gasteiger partial charge in [-0.25, -0.2) is 9.97 Å². The van der Waals surface area contributed by atoms with Gasteiger partial charge in [-0.1, -0.05) is 0 Å². The van der Waals surface area contributed by atoms with Gasteiger partial charge < -0.3 is 5.73 Å². The summed E-state index contributed by atoms with van der Waals surface area (Å²) in [7, 11) is 0. The topological polar surface area (TPSA) is 75.6 Å². The summed E-state index contributed by atoms with van der Waals surface area (Å²) in [6.45, 7) is 0.309. The van der Waals surface area contributed by atoms with Crippen LogP contribution < -0.4 is 5.73 Å². The molecule has 0 aromatic carbocycles. The molecular formula is C6H6N4. The molecule has 0 bridgehead atoms. The Morgan fingerprint density at radius 1 is 1.70 bits per heavy atom. The number of hydrogen-bond acceptors (Lipinski definition) is 4. The molecular weight excluding hydrogens is 128 g/mol. The maximum absolute atomic E-state index is 8.45. The summed E-state index contributed by atoms with van der Waals surface area (Å²) in [6, 6.07) is 1.92. The number of rotatable bonds is 1. The van der Waals surface area contributed by atoms with Crippen LogP contribution in [0.4, 0.5) is 0 Å². The molecule has 0 aliphatic rings. The number of nitrogens with zero attached hydrogens (tertiary/aromatic N) is 3. The van der Waals surface area contributed by atoms with Crippen LogP contribution in [0.25, 0.3) is 0 Å². The molecule has 0 aliphatic carbocycles. The molecule has 50 valence electrons. The van der Waals surface area contributed by atoms with E-state index < -0.39 is 0 Å². The first-order chi connectivity index (χ1) is 4.88. The third-order valence-corrected chi connectivity index (χ3v) is 1.11. The smallest absolute Gasteiger partial charge is 0.148 e. The monoisotopic (exact) mass is 134 g/mol. The molecule has 0 unspecified atom stereocenters. The van der Waals surface area contributed by atoms with Crippen molar-refractivity contribution in [1.82, 2.24) is 9.97 Å². The Balaban J connectivity index is 3.12. The zero-order chi connectivity index (χ0) is 7.40. The van der Waals surface area contributed by atoms with E-state index in [1.165, 1.54) is 6.33 Å². The molecule has 4 nitrogen and oxygen atoms in total. The van der Waals surface area contributed by atoms with E-state index >= 15 is 0 Å². The Kier molecular flexibility index (Phi) is 1.92. The largest absolute Gasteiger partial charge is 0.326 e. The fraction of sp³-hybridized carbons (Fsp3) is 0.167. The van der Waals surface area contributed by atoms with Crippen LogP contribution in [0.3, 0.4) is 0 Å². The van der Waals surface area contributed by atoms with Crippen molar-refractivity contribution >= 4 is 0 Å². The van der Waals surface area contributed by atoms with E-state index in [0.717, 1.165) is 0 Å². The van der Waals surface area contributed by atoms with Gasteiger partial charge in [0.1, 0.15) is 18.1 Å². The van der Waals surface area contributed by atoms with Crippen LogP contribution in [0.5, 0.6) is 0 Å². The Labute approximate surface area is 58.3 Å². The molecule has 0 aliphatic heterocycles. The van der Waals surface area contributed by atoms with E-state index in [2.05, 4.69) is 9.97 Å². The zero-order valence-electron chi connectivity index (χ0n) is 5.28. The van der Waals surface area contributed by atoms with Gasteiger partial charge in [-0.2, -0.15) is 5.26 Å². The molecule has 2 N–H and O–H groups in total. The van der Waals surface area contributed by atoms with Gasteiger partial charge in [0.15, 0.2) is 0 Å². The highest BCUT2D eigenvalue weighted by Crippen LogP contribution is 1.98. The molecule has 1 heterocycles. The molecule has 4 heteroatoms. The maximum atomic E-state index is 8.45. The van der Waals surface area contributed by atoms with E-state index in [0.29, 0.717) is 17.8 Å². The van der Waals surface area contributed by atoms with Crippen LogP contribution >= 0.6 is 0 Å². The van der Waals surface area contributed by atoms with Crippen LogP contribution in [0.15, 0.2) is 12.5 Å². The van der Waals surface area contributed by atoms with Crippen molar-refractivity contribution in [1.29, 1.82) is 5.26 Å². The third kappa shape index (κ3) is 1.09. The average Bonchev–Trinajstić information content (AvgIpc) is 2.04. The minimum Gasteiger partial charge on any atom is -0.326 e. The van der Waals surface area contributed by atoms with Crippen LogP contribution in [0.1, 0.15) is 11.3 Å². The molecule has 10 heavy (non-hydrogen) atoms. The fourth-order valence-corrected chi connectivity index (χ4v) is 0.608. The van der Waals surface area contributed by atoms with Crippen LogP contribution in [-0.2, 0) is 6.54 Å². The highest BCUT2D eigenvalue weighted by Gasteiger charge is 1.97. The van der Waals surface area contributed by atoms with Gasteiger partial charge in [-0.15, -0.1) is 0 Å². The lowest BCUT2D eigenvalue weighted by molar-refractivity contribution is 0.991. The van der Waals surface area contributed by atoms with Crippen molar-refractivity contribution in [2.75, 3.05) is 0 Å². The lowest BCUT2D eigenvalue weighted by Crippen LogP contribution is -2.01. The van der Waals surface area contributed by atoms with E-state index in [-0.39, 0.29) is 0 Å². The number of nitrogens with two attached hydrogens (primary N) is 1. The summed E-state index contributed by atoms with van der Waals surface area (Å²) < 4.78 is 0. The van der Waals surface area contributed by atoms with Crippen molar-refractivity contribution in [3.8, 4) is 6.07 Å². The van der Waals surface area contributed by atoms with E-state index in [4.69, 9.17) is 11.0 Å². The minimum absolute atomic E-state index is 0.309. The van der Waals surface area contributed by atoms with Crippen molar-refractivity contribution in [3.63, 3.8) is 0 Å². The summed E-state index contributed by atoms with van der Waals surface area (Å²) in [5, 5.41) is 8.45. The maximum Gasteiger partial charge on any atom is 0.148 e. The highest BCUT2D eigenvalue weighted by molar-refractivity contribution is 5.27. The average molecular weight is 134 g/mol. The molecule has 0 saturated heterocycles. The Morgan fingerprint density at radius 3 is 3.00 bits per heavy atom. The zero-order valence-corrected chi connectivity index (χ0v) is 5.28. The molecule has 0 radical (unpaired) electrons. The number of aromatic nitrogens is 2. The second kappa shape index (κ2) is 2.90. The van der Waals surface area contributed by atoms with Crippen LogP contribution in [0.2, 0.25) is 0 Å². The Bertz CT molecular complexity index is 263. The molecule has 1 aromatic rings. The van der Waals surface area contributed by atoms with Crippen molar-refractivity contribution in [3.05, 3.63) is 23.8 Å². The summed E-state index contributed by atoms with van der Waals surface area (Å²) >= 11 is 0.